The maximum Gasteiger partial charge on any atom is 0.168 e. The zero-order valence-corrected chi connectivity index (χ0v) is 18.4. The normalized spacial score (nSPS) is 27.5. The molecule has 0 radical (unpaired) electrons. The molecule has 6 nitrogen and oxygen atoms in total. The Balaban J connectivity index is 1.54. The number of ketones is 1. The summed E-state index contributed by atoms with van der Waals surface area (Å²) in [7, 11) is 0. The fraction of sp³-hybridized carbons (Fsp3) is 0.381. The Hall–Kier alpha value is -1.70. The van der Waals surface area contributed by atoms with Crippen molar-refractivity contribution in [2.75, 3.05) is 0 Å². The van der Waals surface area contributed by atoms with Crippen LogP contribution in [0.4, 0.5) is 0 Å². The van der Waals surface area contributed by atoms with E-state index in [1.54, 1.807) is 18.2 Å². The van der Waals surface area contributed by atoms with Crippen LogP contribution in [0.5, 0.6) is 0 Å². The van der Waals surface area contributed by atoms with Gasteiger partial charge in [-0.25, -0.2) is 9.97 Å². The van der Waals surface area contributed by atoms with Crippen LogP contribution in [-0.2, 0) is 9.47 Å². The second-order valence-corrected chi connectivity index (χ2v) is 9.26. The minimum atomic E-state index is -0.792. The molecule has 1 aromatic carbocycles. The Kier molecular flexibility index (Phi) is 4.84. The number of carbonyl (C=O) groups excluding carboxylic acids is 1. The van der Waals surface area contributed by atoms with Gasteiger partial charge in [0.05, 0.1) is 33.5 Å². The van der Waals surface area contributed by atoms with Gasteiger partial charge in [-0.2, -0.15) is 0 Å². The third kappa shape index (κ3) is 3.22. The van der Waals surface area contributed by atoms with Gasteiger partial charge >= 0.3 is 0 Å². The molecule has 9 heteroatoms. The van der Waals surface area contributed by atoms with Crippen molar-refractivity contribution in [3.63, 3.8) is 0 Å². The maximum absolute atomic E-state index is 13.4. The molecule has 0 amide bonds. The zero-order chi connectivity index (χ0) is 21.2. The monoisotopic (exact) mass is 465 g/mol. The first-order valence-electron chi connectivity index (χ1n) is 9.57. The molecule has 0 bridgehead atoms. The average Bonchev–Trinajstić information content (AvgIpc) is 3.34. The van der Waals surface area contributed by atoms with Gasteiger partial charge in [0.25, 0.3) is 0 Å². The first-order valence-corrected chi connectivity index (χ1v) is 10.7. The predicted molar refractivity (Wildman–Crippen MR) is 114 cm³/mol. The van der Waals surface area contributed by atoms with Gasteiger partial charge in [-0.05, 0) is 44.5 Å². The number of benzene rings is 1. The quantitative estimate of drug-likeness (QED) is 0.384. The smallest absolute Gasteiger partial charge is 0.168 e. The number of halogens is 3. The number of ether oxygens (including phenoxy) is 2. The van der Waals surface area contributed by atoms with Crippen molar-refractivity contribution < 1.29 is 14.3 Å². The third-order valence-electron chi connectivity index (χ3n) is 5.79. The molecule has 2 aliphatic rings. The number of hydrogen-bond donors (Lipinski definition) is 0. The summed E-state index contributed by atoms with van der Waals surface area (Å²) in [5.41, 5.74) is 1.21. The van der Waals surface area contributed by atoms with Gasteiger partial charge in [-0.15, -0.1) is 0 Å². The summed E-state index contributed by atoms with van der Waals surface area (Å²) < 4.78 is 14.4. The summed E-state index contributed by atoms with van der Waals surface area (Å²) in [6, 6.07) is 6.67. The Morgan fingerprint density at radius 1 is 1.10 bits per heavy atom. The number of rotatable bonds is 3. The molecule has 1 aliphatic carbocycles. The zero-order valence-electron chi connectivity index (χ0n) is 16.2. The van der Waals surface area contributed by atoms with E-state index < -0.39 is 11.7 Å². The van der Waals surface area contributed by atoms with E-state index in [9.17, 15) is 4.79 Å². The van der Waals surface area contributed by atoms with Crippen molar-refractivity contribution in [3.05, 3.63) is 57.6 Å². The second kappa shape index (κ2) is 7.18. The molecular formula is C21H18Cl3N3O3. The molecule has 2 fully saturated rings. The van der Waals surface area contributed by atoms with Crippen LogP contribution in [0, 0.1) is 5.92 Å². The van der Waals surface area contributed by atoms with Crippen LogP contribution >= 0.6 is 34.8 Å². The van der Waals surface area contributed by atoms with E-state index in [4.69, 9.17) is 44.3 Å². The lowest BCUT2D eigenvalue weighted by Gasteiger charge is -2.24. The van der Waals surface area contributed by atoms with E-state index >= 15 is 0 Å². The Morgan fingerprint density at radius 3 is 2.63 bits per heavy atom. The number of fused-ring (bicyclic) bond motifs is 2. The molecule has 0 unspecified atom stereocenters. The third-order valence-corrected chi connectivity index (χ3v) is 6.83. The van der Waals surface area contributed by atoms with Gasteiger partial charge in [0.1, 0.15) is 23.2 Å². The fourth-order valence-corrected chi connectivity index (χ4v) is 5.04. The van der Waals surface area contributed by atoms with Crippen molar-refractivity contribution >= 4 is 51.6 Å². The molecule has 3 heterocycles. The molecule has 0 N–H and O–H groups in total. The van der Waals surface area contributed by atoms with Gasteiger partial charge in [0.2, 0.25) is 0 Å². The average molecular weight is 467 g/mol. The van der Waals surface area contributed by atoms with Crippen molar-refractivity contribution in [1.82, 2.24) is 14.5 Å². The number of nitrogens with zero attached hydrogens (tertiary/aromatic N) is 3. The first kappa shape index (κ1) is 20.2. The predicted octanol–water partition coefficient (Wildman–Crippen LogP) is 5.36. The number of carbonyl (C=O) groups is 1. The molecule has 1 saturated carbocycles. The van der Waals surface area contributed by atoms with Crippen LogP contribution in [0.25, 0.3) is 11.0 Å². The van der Waals surface area contributed by atoms with E-state index in [0.29, 0.717) is 32.8 Å². The molecule has 1 aliphatic heterocycles. The standard InChI is InChI=1S/C21H18Cl3N3O3/c1-21(2)29-17-12(16(28)10-3-4-13(22)14(23)7-10)8-15(18(17)30-21)27-6-5-11-19(24)25-9-26-20(11)27/h3-7,9,12,15,17-18H,8H2,1-2H3/t12-,15-,17-,18+/m1/s1. The molecule has 0 spiro atoms. The number of aromatic nitrogens is 3. The highest BCUT2D eigenvalue weighted by atomic mass is 35.5. The summed E-state index contributed by atoms with van der Waals surface area (Å²) in [5, 5.41) is 1.90. The SMILES string of the molecule is CC1(C)O[C@@H]2[C@H](O1)[C@@H](C(=O)c1ccc(Cl)c(Cl)c1)C[C@H]2n1ccc2c(Cl)ncnc21. The molecule has 30 heavy (non-hydrogen) atoms. The van der Waals surface area contributed by atoms with Gasteiger partial charge < -0.3 is 14.0 Å². The number of hydrogen-bond acceptors (Lipinski definition) is 5. The van der Waals surface area contributed by atoms with Gasteiger partial charge in [0.15, 0.2) is 11.6 Å². The van der Waals surface area contributed by atoms with E-state index in [-0.39, 0.29) is 24.0 Å². The molecule has 1 saturated heterocycles. The van der Waals surface area contributed by atoms with Crippen molar-refractivity contribution in [2.45, 2.75) is 44.3 Å². The minimum absolute atomic E-state index is 0.0449. The van der Waals surface area contributed by atoms with E-state index in [1.807, 2.05) is 30.7 Å². The Labute approximate surface area is 188 Å². The van der Waals surface area contributed by atoms with Gasteiger partial charge in [0, 0.05) is 11.8 Å². The van der Waals surface area contributed by atoms with E-state index in [0.717, 1.165) is 5.39 Å². The van der Waals surface area contributed by atoms with E-state index in [1.165, 1.54) is 6.33 Å². The van der Waals surface area contributed by atoms with Crippen LogP contribution in [0.2, 0.25) is 15.2 Å². The topological polar surface area (TPSA) is 66.2 Å². The van der Waals surface area contributed by atoms with Crippen molar-refractivity contribution in [3.8, 4) is 0 Å². The molecule has 2 aromatic heterocycles. The Morgan fingerprint density at radius 2 is 1.87 bits per heavy atom. The van der Waals surface area contributed by atoms with Crippen molar-refractivity contribution in [2.24, 2.45) is 5.92 Å². The molecule has 156 valence electrons. The van der Waals surface area contributed by atoms with Crippen LogP contribution < -0.4 is 0 Å². The summed E-state index contributed by atoms with van der Waals surface area (Å²) in [5.74, 6) is -1.23. The summed E-state index contributed by atoms with van der Waals surface area (Å²) in [6.07, 6.45) is 3.19. The van der Waals surface area contributed by atoms with Crippen molar-refractivity contribution in [1.29, 1.82) is 0 Å². The molecule has 5 rings (SSSR count). The summed E-state index contributed by atoms with van der Waals surface area (Å²) in [4.78, 5) is 21.8. The maximum atomic E-state index is 13.4. The number of Topliss-reactive ketones (excluding diaryl/α,β-unsaturated/α-hetero) is 1. The molecular weight excluding hydrogens is 449 g/mol. The van der Waals surface area contributed by atoms with Gasteiger partial charge in [-0.3, -0.25) is 4.79 Å². The lowest BCUT2D eigenvalue weighted by molar-refractivity contribution is -0.158. The van der Waals surface area contributed by atoms with Gasteiger partial charge in [-0.1, -0.05) is 34.8 Å². The van der Waals surface area contributed by atoms with Crippen LogP contribution in [-0.4, -0.2) is 38.3 Å². The van der Waals surface area contributed by atoms with E-state index in [2.05, 4.69) is 9.97 Å². The van der Waals surface area contributed by atoms with Crippen LogP contribution in [0.15, 0.2) is 36.8 Å². The summed E-state index contributed by atoms with van der Waals surface area (Å²) >= 11 is 18.4. The fourth-order valence-electron chi connectivity index (χ4n) is 4.55. The highest BCUT2D eigenvalue weighted by molar-refractivity contribution is 6.42. The lowest BCUT2D eigenvalue weighted by Crippen LogP contribution is -2.30. The summed E-state index contributed by atoms with van der Waals surface area (Å²) in [6.45, 7) is 3.71. The molecule has 3 aromatic rings. The lowest BCUT2D eigenvalue weighted by atomic mass is 9.94. The first-order chi connectivity index (χ1) is 14.2. The highest BCUT2D eigenvalue weighted by Crippen LogP contribution is 2.48. The highest BCUT2D eigenvalue weighted by Gasteiger charge is 2.56. The minimum Gasteiger partial charge on any atom is -0.344 e. The van der Waals surface area contributed by atoms with Crippen LogP contribution in [0.1, 0.15) is 36.7 Å². The molecule has 4 atom stereocenters. The second-order valence-electron chi connectivity index (χ2n) is 8.09. The largest absolute Gasteiger partial charge is 0.344 e. The Bertz CT molecular complexity index is 1160. The van der Waals surface area contributed by atoms with Crippen LogP contribution in [0.3, 0.4) is 0 Å².